The molecule has 0 spiro atoms. The van der Waals surface area contributed by atoms with E-state index in [9.17, 15) is 4.79 Å². The summed E-state index contributed by atoms with van der Waals surface area (Å²) in [6, 6.07) is -0.188. The summed E-state index contributed by atoms with van der Waals surface area (Å²) in [6.45, 7) is 7.59. The standard InChI is InChI=1S/C14H23N3O2/c1-4-14(6-5-7-15-9-14)13(18)17-11(3)12-16-8-10(2)19-12/h8,11,15H,4-7,9H2,1-3H3,(H,17,18). The van der Waals surface area contributed by atoms with Gasteiger partial charge in [-0.15, -0.1) is 0 Å². The molecule has 0 bridgehead atoms. The van der Waals surface area contributed by atoms with Gasteiger partial charge in [-0.3, -0.25) is 4.79 Å². The second-order valence-corrected chi connectivity index (χ2v) is 5.42. The Labute approximate surface area is 114 Å². The predicted octanol–water partition coefficient (Wildman–Crippen LogP) is 1.94. The van der Waals surface area contributed by atoms with Crippen LogP contribution in [0.25, 0.3) is 0 Å². The molecular weight excluding hydrogens is 242 g/mol. The second kappa shape index (κ2) is 5.74. The summed E-state index contributed by atoms with van der Waals surface area (Å²) in [5.74, 6) is 1.44. The summed E-state index contributed by atoms with van der Waals surface area (Å²) in [5.41, 5.74) is -0.284. The maximum Gasteiger partial charge on any atom is 0.228 e. The van der Waals surface area contributed by atoms with Crippen LogP contribution in [0.5, 0.6) is 0 Å². The van der Waals surface area contributed by atoms with Crippen LogP contribution in [0.3, 0.4) is 0 Å². The van der Waals surface area contributed by atoms with Crippen molar-refractivity contribution in [2.45, 2.75) is 46.1 Å². The minimum absolute atomic E-state index is 0.102. The summed E-state index contributed by atoms with van der Waals surface area (Å²) < 4.78 is 5.46. The van der Waals surface area contributed by atoms with Gasteiger partial charge in [-0.05, 0) is 39.7 Å². The van der Waals surface area contributed by atoms with E-state index in [1.54, 1.807) is 6.20 Å². The first-order chi connectivity index (χ1) is 9.07. The number of nitrogens with one attached hydrogen (secondary N) is 2. The predicted molar refractivity (Wildman–Crippen MR) is 72.6 cm³/mol. The Morgan fingerprint density at radius 1 is 1.68 bits per heavy atom. The summed E-state index contributed by atoms with van der Waals surface area (Å²) in [6.07, 6.45) is 4.52. The quantitative estimate of drug-likeness (QED) is 0.873. The van der Waals surface area contributed by atoms with Gasteiger partial charge in [0.25, 0.3) is 0 Å². The Hall–Kier alpha value is -1.36. The van der Waals surface area contributed by atoms with Gasteiger partial charge in [0.2, 0.25) is 11.8 Å². The number of oxazole rings is 1. The summed E-state index contributed by atoms with van der Waals surface area (Å²) >= 11 is 0. The zero-order valence-corrected chi connectivity index (χ0v) is 12.0. The number of carbonyl (C=O) groups excluding carboxylic acids is 1. The normalized spacial score (nSPS) is 25.0. The number of rotatable bonds is 4. The Bertz CT molecular complexity index is 436. The van der Waals surface area contributed by atoms with E-state index in [4.69, 9.17) is 4.42 Å². The molecule has 0 aromatic carbocycles. The molecule has 0 saturated carbocycles. The molecule has 2 heterocycles. The Morgan fingerprint density at radius 2 is 2.47 bits per heavy atom. The van der Waals surface area contributed by atoms with Gasteiger partial charge in [0.15, 0.2) is 0 Å². The van der Waals surface area contributed by atoms with Gasteiger partial charge < -0.3 is 15.1 Å². The second-order valence-electron chi connectivity index (χ2n) is 5.42. The van der Waals surface area contributed by atoms with Gasteiger partial charge in [-0.1, -0.05) is 6.92 Å². The highest BCUT2D eigenvalue weighted by Gasteiger charge is 2.38. The van der Waals surface area contributed by atoms with E-state index in [1.807, 2.05) is 13.8 Å². The van der Waals surface area contributed by atoms with E-state index in [1.165, 1.54) is 0 Å². The lowest BCUT2D eigenvalue weighted by atomic mass is 9.77. The van der Waals surface area contributed by atoms with Crippen LogP contribution in [0.15, 0.2) is 10.6 Å². The fourth-order valence-electron chi connectivity index (χ4n) is 2.61. The molecule has 1 saturated heterocycles. The maximum atomic E-state index is 12.5. The highest BCUT2D eigenvalue weighted by Crippen LogP contribution is 2.31. The van der Waals surface area contributed by atoms with Crippen molar-refractivity contribution in [3.63, 3.8) is 0 Å². The molecule has 1 amide bonds. The number of carbonyl (C=O) groups is 1. The monoisotopic (exact) mass is 265 g/mol. The van der Waals surface area contributed by atoms with Crippen molar-refractivity contribution >= 4 is 5.91 Å². The molecule has 1 aromatic heterocycles. The van der Waals surface area contributed by atoms with Crippen LogP contribution in [0.4, 0.5) is 0 Å². The molecule has 19 heavy (non-hydrogen) atoms. The minimum atomic E-state index is -0.284. The lowest BCUT2D eigenvalue weighted by Gasteiger charge is -2.36. The van der Waals surface area contributed by atoms with Gasteiger partial charge >= 0.3 is 0 Å². The van der Waals surface area contributed by atoms with Crippen molar-refractivity contribution in [2.24, 2.45) is 5.41 Å². The van der Waals surface area contributed by atoms with Crippen molar-refractivity contribution in [2.75, 3.05) is 13.1 Å². The van der Waals surface area contributed by atoms with Crippen molar-refractivity contribution in [3.05, 3.63) is 17.8 Å². The number of aryl methyl sites for hydroxylation is 1. The maximum absolute atomic E-state index is 12.5. The largest absolute Gasteiger partial charge is 0.444 e. The van der Waals surface area contributed by atoms with E-state index < -0.39 is 0 Å². The molecule has 0 aliphatic carbocycles. The third-order valence-corrected chi connectivity index (χ3v) is 3.99. The van der Waals surface area contributed by atoms with E-state index in [0.29, 0.717) is 5.89 Å². The van der Waals surface area contributed by atoms with Crippen molar-refractivity contribution in [1.29, 1.82) is 0 Å². The van der Waals surface area contributed by atoms with Crippen LogP contribution in [-0.4, -0.2) is 24.0 Å². The lowest BCUT2D eigenvalue weighted by Crippen LogP contribution is -2.50. The molecule has 2 rings (SSSR count). The first kappa shape index (κ1) is 14.1. The van der Waals surface area contributed by atoms with Gasteiger partial charge in [-0.25, -0.2) is 4.98 Å². The van der Waals surface area contributed by atoms with Crippen molar-refractivity contribution in [3.8, 4) is 0 Å². The van der Waals surface area contributed by atoms with Crippen LogP contribution < -0.4 is 10.6 Å². The molecule has 5 nitrogen and oxygen atoms in total. The van der Waals surface area contributed by atoms with Crippen molar-refractivity contribution in [1.82, 2.24) is 15.6 Å². The molecule has 1 aliphatic heterocycles. The molecule has 1 fully saturated rings. The van der Waals surface area contributed by atoms with Gasteiger partial charge in [0.05, 0.1) is 11.6 Å². The van der Waals surface area contributed by atoms with Crippen molar-refractivity contribution < 1.29 is 9.21 Å². The molecule has 0 radical (unpaired) electrons. The molecule has 2 atom stereocenters. The number of hydrogen-bond acceptors (Lipinski definition) is 4. The average molecular weight is 265 g/mol. The minimum Gasteiger partial charge on any atom is -0.444 e. The van der Waals surface area contributed by atoms with E-state index in [0.717, 1.165) is 38.1 Å². The molecule has 5 heteroatoms. The van der Waals surface area contributed by atoms with E-state index >= 15 is 0 Å². The van der Waals surface area contributed by atoms with Crippen LogP contribution in [0.1, 0.15) is 50.8 Å². The highest BCUT2D eigenvalue weighted by molar-refractivity contribution is 5.83. The fraction of sp³-hybridized carbons (Fsp3) is 0.714. The molecule has 2 N–H and O–H groups in total. The molecule has 1 aromatic rings. The zero-order valence-electron chi connectivity index (χ0n) is 12.0. The van der Waals surface area contributed by atoms with Crippen LogP contribution >= 0.6 is 0 Å². The van der Waals surface area contributed by atoms with Gasteiger partial charge in [0, 0.05) is 6.54 Å². The van der Waals surface area contributed by atoms with E-state index in [-0.39, 0.29) is 17.4 Å². The molecule has 1 aliphatic rings. The Balaban J connectivity index is 2.03. The van der Waals surface area contributed by atoms with Crippen LogP contribution in [0, 0.1) is 12.3 Å². The average Bonchev–Trinajstić information content (AvgIpc) is 2.86. The Kier molecular flexibility index (Phi) is 4.24. The smallest absolute Gasteiger partial charge is 0.228 e. The Morgan fingerprint density at radius 3 is 3.00 bits per heavy atom. The number of piperidine rings is 1. The fourth-order valence-corrected chi connectivity index (χ4v) is 2.61. The number of aromatic nitrogens is 1. The first-order valence-corrected chi connectivity index (χ1v) is 7.01. The molecule has 2 unspecified atom stereocenters. The van der Waals surface area contributed by atoms with Gasteiger partial charge in [0.1, 0.15) is 11.8 Å². The summed E-state index contributed by atoms with van der Waals surface area (Å²) in [4.78, 5) is 16.7. The topological polar surface area (TPSA) is 67.2 Å². The zero-order chi connectivity index (χ0) is 13.9. The molecule has 106 valence electrons. The van der Waals surface area contributed by atoms with Gasteiger partial charge in [-0.2, -0.15) is 0 Å². The number of amides is 1. The first-order valence-electron chi connectivity index (χ1n) is 7.01. The van der Waals surface area contributed by atoms with Crippen LogP contribution in [-0.2, 0) is 4.79 Å². The summed E-state index contributed by atoms with van der Waals surface area (Å²) in [5, 5.41) is 6.36. The lowest BCUT2D eigenvalue weighted by molar-refractivity contribution is -0.133. The summed E-state index contributed by atoms with van der Waals surface area (Å²) in [7, 11) is 0. The number of hydrogen-bond donors (Lipinski definition) is 2. The van der Waals surface area contributed by atoms with Crippen LogP contribution in [0.2, 0.25) is 0 Å². The highest BCUT2D eigenvalue weighted by atomic mass is 16.4. The third-order valence-electron chi connectivity index (χ3n) is 3.99. The van der Waals surface area contributed by atoms with E-state index in [2.05, 4.69) is 22.5 Å². The third kappa shape index (κ3) is 2.97. The SMILES string of the molecule is CCC1(C(=O)NC(C)c2ncc(C)o2)CCCNC1. The number of nitrogens with zero attached hydrogens (tertiary/aromatic N) is 1. The molecular formula is C14H23N3O2.